The van der Waals surface area contributed by atoms with Crippen molar-refractivity contribution < 1.29 is 5.11 Å². The molecule has 1 aromatic rings. The summed E-state index contributed by atoms with van der Waals surface area (Å²) in [4.78, 5) is 0.921. The molecule has 3 N–H and O–H groups in total. The second kappa shape index (κ2) is 3.67. The van der Waals surface area contributed by atoms with E-state index in [9.17, 15) is 5.11 Å². The van der Waals surface area contributed by atoms with E-state index in [1.165, 1.54) is 11.3 Å². The van der Waals surface area contributed by atoms with Crippen LogP contribution in [0.25, 0.3) is 0 Å². The van der Waals surface area contributed by atoms with Gasteiger partial charge in [-0.15, -0.1) is 11.3 Å². The van der Waals surface area contributed by atoms with Gasteiger partial charge in [0.15, 0.2) is 0 Å². The van der Waals surface area contributed by atoms with E-state index in [1.807, 2.05) is 12.3 Å². The quantitative estimate of drug-likeness (QED) is 0.822. The number of aliphatic hydroxyl groups excluding tert-OH is 1. The van der Waals surface area contributed by atoms with Crippen molar-refractivity contribution in [2.75, 3.05) is 6.54 Å². The summed E-state index contributed by atoms with van der Waals surface area (Å²) in [5.41, 5.74) is 6.47. The summed E-state index contributed by atoms with van der Waals surface area (Å²) >= 11 is 4.92. The molecule has 1 atom stereocenters. The Labute approximate surface area is 78.2 Å². The fourth-order valence-electron chi connectivity index (χ4n) is 0.782. The van der Waals surface area contributed by atoms with Gasteiger partial charge in [0, 0.05) is 15.9 Å². The molecule has 0 aromatic carbocycles. The van der Waals surface area contributed by atoms with E-state index in [0.717, 1.165) is 14.9 Å². The Morgan fingerprint density at radius 2 is 2.45 bits per heavy atom. The molecular formula is C7H10BrNOS. The van der Waals surface area contributed by atoms with Gasteiger partial charge in [0.2, 0.25) is 0 Å². The molecule has 1 heterocycles. The molecule has 1 rings (SSSR count). The molecule has 0 radical (unpaired) electrons. The molecule has 0 bridgehead atoms. The van der Waals surface area contributed by atoms with Crippen LogP contribution in [0.2, 0.25) is 0 Å². The van der Waals surface area contributed by atoms with E-state index in [4.69, 9.17) is 5.73 Å². The fraction of sp³-hybridized carbons (Fsp3) is 0.429. The van der Waals surface area contributed by atoms with Crippen molar-refractivity contribution in [1.82, 2.24) is 0 Å². The standard InChI is InChI=1S/C7H10BrNOS/c1-4-3-11-7(6(4)8)5(10)2-9/h3,5,10H,2,9H2,1H3/t5-/m1/s1. The Kier molecular flexibility index (Phi) is 3.06. The van der Waals surface area contributed by atoms with E-state index in [2.05, 4.69) is 15.9 Å². The minimum Gasteiger partial charge on any atom is -0.386 e. The van der Waals surface area contributed by atoms with E-state index in [0.29, 0.717) is 0 Å². The van der Waals surface area contributed by atoms with Gasteiger partial charge in [-0.05, 0) is 33.8 Å². The Bertz CT molecular complexity index is 249. The maximum atomic E-state index is 9.38. The normalized spacial score (nSPS) is 13.5. The van der Waals surface area contributed by atoms with E-state index in [1.54, 1.807) is 0 Å². The molecule has 62 valence electrons. The highest BCUT2D eigenvalue weighted by Gasteiger charge is 2.12. The highest BCUT2D eigenvalue weighted by Crippen LogP contribution is 2.31. The molecule has 0 fully saturated rings. The molecular weight excluding hydrogens is 226 g/mol. The van der Waals surface area contributed by atoms with E-state index < -0.39 is 6.10 Å². The first-order valence-corrected chi connectivity index (χ1v) is 4.95. The van der Waals surface area contributed by atoms with Crippen LogP contribution in [-0.2, 0) is 0 Å². The molecule has 0 saturated carbocycles. The zero-order valence-corrected chi connectivity index (χ0v) is 8.58. The molecule has 0 aliphatic carbocycles. The van der Waals surface area contributed by atoms with Crippen LogP contribution in [0.1, 0.15) is 16.5 Å². The number of aryl methyl sites for hydroxylation is 1. The first kappa shape index (κ1) is 9.19. The second-order valence-electron chi connectivity index (χ2n) is 2.35. The molecule has 0 saturated heterocycles. The predicted octanol–water partition coefficient (Wildman–Crippen LogP) is 1.81. The van der Waals surface area contributed by atoms with Crippen molar-refractivity contribution in [3.05, 3.63) is 20.3 Å². The molecule has 1 aromatic heterocycles. The Balaban J connectivity index is 2.94. The molecule has 0 amide bonds. The molecule has 4 heteroatoms. The van der Waals surface area contributed by atoms with Gasteiger partial charge in [-0.1, -0.05) is 0 Å². The van der Waals surface area contributed by atoms with Crippen molar-refractivity contribution in [2.24, 2.45) is 5.73 Å². The summed E-state index contributed by atoms with van der Waals surface area (Å²) in [6.45, 7) is 2.27. The fourth-order valence-corrected chi connectivity index (χ4v) is 2.53. The summed E-state index contributed by atoms with van der Waals surface area (Å²) in [5, 5.41) is 11.4. The molecule has 0 unspecified atom stereocenters. The number of hydrogen-bond acceptors (Lipinski definition) is 3. The van der Waals surface area contributed by atoms with Gasteiger partial charge in [0.05, 0.1) is 0 Å². The lowest BCUT2D eigenvalue weighted by molar-refractivity contribution is 0.190. The van der Waals surface area contributed by atoms with Gasteiger partial charge in [-0.2, -0.15) is 0 Å². The predicted molar refractivity (Wildman–Crippen MR) is 50.8 cm³/mol. The number of thiophene rings is 1. The lowest BCUT2D eigenvalue weighted by Crippen LogP contribution is -2.10. The van der Waals surface area contributed by atoms with Crippen LogP contribution in [0.4, 0.5) is 0 Å². The summed E-state index contributed by atoms with van der Waals surface area (Å²) < 4.78 is 0.987. The third-order valence-corrected chi connectivity index (χ3v) is 3.97. The Hall–Kier alpha value is 0.100. The second-order valence-corrected chi connectivity index (χ2v) is 4.05. The lowest BCUT2D eigenvalue weighted by atomic mass is 10.2. The van der Waals surface area contributed by atoms with Crippen LogP contribution in [0.15, 0.2) is 9.85 Å². The summed E-state index contributed by atoms with van der Waals surface area (Å²) in [6, 6.07) is 0. The van der Waals surface area contributed by atoms with Crippen molar-refractivity contribution >= 4 is 27.3 Å². The average Bonchev–Trinajstić information content (AvgIpc) is 2.32. The van der Waals surface area contributed by atoms with Crippen LogP contribution in [0.5, 0.6) is 0 Å². The topological polar surface area (TPSA) is 46.2 Å². The maximum absolute atomic E-state index is 9.38. The van der Waals surface area contributed by atoms with Gasteiger partial charge in [-0.25, -0.2) is 0 Å². The number of hydrogen-bond donors (Lipinski definition) is 2. The zero-order valence-electron chi connectivity index (χ0n) is 6.17. The minimum atomic E-state index is -0.525. The third kappa shape index (κ3) is 1.82. The number of nitrogens with two attached hydrogens (primary N) is 1. The number of halogens is 1. The van der Waals surface area contributed by atoms with Crippen LogP contribution in [0, 0.1) is 6.92 Å². The molecule has 2 nitrogen and oxygen atoms in total. The average molecular weight is 236 g/mol. The van der Waals surface area contributed by atoms with Gasteiger partial charge < -0.3 is 10.8 Å². The van der Waals surface area contributed by atoms with Crippen molar-refractivity contribution in [2.45, 2.75) is 13.0 Å². The van der Waals surface area contributed by atoms with Crippen molar-refractivity contribution in [3.63, 3.8) is 0 Å². The van der Waals surface area contributed by atoms with Gasteiger partial charge in [0.1, 0.15) is 6.10 Å². The van der Waals surface area contributed by atoms with Crippen LogP contribution >= 0.6 is 27.3 Å². The smallest absolute Gasteiger partial charge is 0.101 e. The monoisotopic (exact) mass is 235 g/mol. The number of rotatable bonds is 2. The van der Waals surface area contributed by atoms with Gasteiger partial charge in [-0.3, -0.25) is 0 Å². The van der Waals surface area contributed by atoms with Crippen LogP contribution in [0.3, 0.4) is 0 Å². The van der Waals surface area contributed by atoms with Crippen LogP contribution < -0.4 is 5.73 Å². The first-order valence-electron chi connectivity index (χ1n) is 3.28. The van der Waals surface area contributed by atoms with E-state index in [-0.39, 0.29) is 6.54 Å². The first-order chi connectivity index (χ1) is 5.16. The highest BCUT2D eigenvalue weighted by atomic mass is 79.9. The summed E-state index contributed by atoms with van der Waals surface area (Å²) in [5.74, 6) is 0. The summed E-state index contributed by atoms with van der Waals surface area (Å²) in [7, 11) is 0. The number of aliphatic hydroxyl groups is 1. The van der Waals surface area contributed by atoms with Crippen molar-refractivity contribution in [3.8, 4) is 0 Å². The van der Waals surface area contributed by atoms with Gasteiger partial charge >= 0.3 is 0 Å². The Morgan fingerprint density at radius 3 is 2.82 bits per heavy atom. The molecule has 0 spiro atoms. The summed E-state index contributed by atoms with van der Waals surface area (Å²) in [6.07, 6.45) is -0.525. The third-order valence-electron chi connectivity index (χ3n) is 1.45. The van der Waals surface area contributed by atoms with Crippen LogP contribution in [-0.4, -0.2) is 11.7 Å². The highest BCUT2D eigenvalue weighted by molar-refractivity contribution is 9.10. The maximum Gasteiger partial charge on any atom is 0.101 e. The minimum absolute atomic E-state index is 0.276. The Morgan fingerprint density at radius 1 is 1.82 bits per heavy atom. The molecule has 0 aliphatic heterocycles. The molecule has 0 aliphatic rings. The SMILES string of the molecule is Cc1csc([C@H](O)CN)c1Br. The van der Waals surface area contributed by atoms with E-state index >= 15 is 0 Å². The molecule has 11 heavy (non-hydrogen) atoms. The van der Waals surface area contributed by atoms with Crippen molar-refractivity contribution in [1.29, 1.82) is 0 Å². The zero-order chi connectivity index (χ0) is 8.43. The van der Waals surface area contributed by atoms with Gasteiger partial charge in [0.25, 0.3) is 0 Å². The lowest BCUT2D eigenvalue weighted by Gasteiger charge is -2.04. The largest absolute Gasteiger partial charge is 0.386 e.